The van der Waals surface area contributed by atoms with Gasteiger partial charge in [-0.15, -0.1) is 12.3 Å². The minimum atomic E-state index is -1.15. The van der Waals surface area contributed by atoms with Crippen molar-refractivity contribution in [2.45, 2.75) is 12.8 Å². The van der Waals surface area contributed by atoms with Crippen LogP contribution in [-0.4, -0.2) is 23.6 Å². The summed E-state index contributed by atoms with van der Waals surface area (Å²) >= 11 is 0. The van der Waals surface area contributed by atoms with E-state index in [0.717, 1.165) is 0 Å². The first-order valence-electron chi connectivity index (χ1n) is 3.22. The number of carboxylic acid groups (broad SMARTS) is 1. The van der Waals surface area contributed by atoms with Gasteiger partial charge < -0.3 is 5.11 Å². The van der Waals surface area contributed by atoms with Gasteiger partial charge in [0, 0.05) is 12.8 Å². The van der Waals surface area contributed by atoms with Crippen LogP contribution >= 0.6 is 0 Å². The Balaban J connectivity index is 3.33. The minimum absolute atomic E-state index is 0.135. The highest BCUT2D eigenvalue weighted by atomic mass is 16.7. The number of nitrogens with one attached hydrogen (secondary N) is 1. The Bertz CT molecular complexity index is 206. The third-order valence-corrected chi connectivity index (χ3v) is 0.878. The Morgan fingerprint density at radius 2 is 2.25 bits per heavy atom. The molecule has 0 aliphatic rings. The van der Waals surface area contributed by atoms with Crippen LogP contribution in [0.5, 0.6) is 0 Å². The second-order valence-electron chi connectivity index (χ2n) is 1.91. The molecule has 5 nitrogen and oxygen atoms in total. The molecular formula is C7H9NO4. The van der Waals surface area contributed by atoms with Gasteiger partial charge in [-0.05, 0) is 0 Å². The van der Waals surface area contributed by atoms with Crippen LogP contribution < -0.4 is 5.48 Å². The van der Waals surface area contributed by atoms with Crippen molar-refractivity contribution < 1.29 is 19.5 Å². The molecule has 66 valence electrons. The summed E-state index contributed by atoms with van der Waals surface area (Å²) in [4.78, 5) is 24.8. The molecule has 0 heterocycles. The highest BCUT2D eigenvalue weighted by Gasteiger charge is 2.01. The van der Waals surface area contributed by atoms with E-state index in [0.29, 0.717) is 6.42 Å². The highest BCUT2D eigenvalue weighted by Crippen LogP contribution is 1.85. The van der Waals surface area contributed by atoms with Gasteiger partial charge in [0.05, 0.1) is 0 Å². The van der Waals surface area contributed by atoms with Crippen LogP contribution in [-0.2, 0) is 14.4 Å². The van der Waals surface area contributed by atoms with Gasteiger partial charge in [-0.3, -0.25) is 9.63 Å². The average Bonchev–Trinajstić information content (AvgIpc) is 2.00. The zero-order chi connectivity index (χ0) is 9.40. The Hall–Kier alpha value is -1.54. The predicted molar refractivity (Wildman–Crippen MR) is 39.8 cm³/mol. The Morgan fingerprint density at radius 1 is 1.58 bits per heavy atom. The van der Waals surface area contributed by atoms with Gasteiger partial charge in [-0.2, -0.15) is 0 Å². The first-order valence-corrected chi connectivity index (χ1v) is 3.22. The van der Waals surface area contributed by atoms with Crippen molar-refractivity contribution in [3.8, 4) is 12.3 Å². The molecule has 0 aromatic carbocycles. The second-order valence-corrected chi connectivity index (χ2v) is 1.91. The first kappa shape index (κ1) is 10.5. The van der Waals surface area contributed by atoms with Gasteiger partial charge >= 0.3 is 5.97 Å². The summed E-state index contributed by atoms with van der Waals surface area (Å²) in [5.74, 6) is 0.697. The molecule has 2 N–H and O–H groups in total. The molecule has 0 fully saturated rings. The summed E-state index contributed by atoms with van der Waals surface area (Å²) in [6.07, 6.45) is 5.33. The molecule has 0 aliphatic carbocycles. The first-order chi connectivity index (χ1) is 5.66. The zero-order valence-corrected chi connectivity index (χ0v) is 6.37. The van der Waals surface area contributed by atoms with Crippen molar-refractivity contribution in [3.05, 3.63) is 0 Å². The molecule has 0 radical (unpaired) electrons. The smallest absolute Gasteiger partial charge is 0.332 e. The number of carbonyl (C=O) groups is 2. The normalized spacial score (nSPS) is 8.58. The van der Waals surface area contributed by atoms with E-state index in [9.17, 15) is 9.59 Å². The highest BCUT2D eigenvalue weighted by molar-refractivity contribution is 5.75. The summed E-state index contributed by atoms with van der Waals surface area (Å²) in [5, 5.41) is 8.09. The van der Waals surface area contributed by atoms with Gasteiger partial charge in [0.25, 0.3) is 0 Å². The Labute approximate surface area is 69.7 Å². The second kappa shape index (κ2) is 6.19. The van der Waals surface area contributed by atoms with Crippen LogP contribution in [0.25, 0.3) is 0 Å². The molecule has 0 unspecified atom stereocenters. The standard InChI is InChI=1S/C7H9NO4/c1-2-3-4-6(9)8-12-5-7(10)11/h1H,3-5H2,(H,8,9)(H,10,11). The number of carboxylic acids is 1. The van der Waals surface area contributed by atoms with Crippen molar-refractivity contribution in [2.24, 2.45) is 0 Å². The van der Waals surface area contributed by atoms with E-state index in [1.165, 1.54) is 0 Å². The number of aliphatic carboxylic acids is 1. The fraction of sp³-hybridized carbons (Fsp3) is 0.429. The fourth-order valence-electron chi connectivity index (χ4n) is 0.415. The van der Waals surface area contributed by atoms with E-state index >= 15 is 0 Å². The van der Waals surface area contributed by atoms with Crippen LogP contribution in [0.3, 0.4) is 0 Å². The topological polar surface area (TPSA) is 75.6 Å². The molecule has 0 aliphatic heterocycles. The van der Waals surface area contributed by atoms with Gasteiger partial charge in [0.1, 0.15) is 0 Å². The summed E-state index contributed by atoms with van der Waals surface area (Å²) in [6, 6.07) is 0. The summed E-state index contributed by atoms with van der Waals surface area (Å²) in [7, 11) is 0. The molecule has 12 heavy (non-hydrogen) atoms. The lowest BCUT2D eigenvalue weighted by molar-refractivity contribution is -0.149. The largest absolute Gasteiger partial charge is 0.479 e. The third kappa shape index (κ3) is 6.58. The fourth-order valence-corrected chi connectivity index (χ4v) is 0.415. The van der Waals surface area contributed by atoms with Crippen molar-refractivity contribution >= 4 is 11.9 Å². The van der Waals surface area contributed by atoms with Crippen LogP contribution in [0.15, 0.2) is 0 Å². The Morgan fingerprint density at radius 3 is 2.75 bits per heavy atom. The number of rotatable bonds is 5. The molecule has 0 bridgehead atoms. The van der Waals surface area contributed by atoms with E-state index in [2.05, 4.69) is 10.8 Å². The summed E-state index contributed by atoms with van der Waals surface area (Å²) in [6.45, 7) is -0.554. The Kier molecular flexibility index (Phi) is 5.39. The summed E-state index contributed by atoms with van der Waals surface area (Å²) in [5.41, 5.74) is 1.93. The van der Waals surface area contributed by atoms with Crippen LogP contribution in [0.1, 0.15) is 12.8 Å². The lowest BCUT2D eigenvalue weighted by Gasteiger charge is -2.00. The summed E-state index contributed by atoms with van der Waals surface area (Å²) < 4.78 is 0. The number of hydrogen-bond donors (Lipinski definition) is 2. The van der Waals surface area contributed by atoms with Crippen molar-refractivity contribution in [3.63, 3.8) is 0 Å². The lowest BCUT2D eigenvalue weighted by Crippen LogP contribution is -2.26. The van der Waals surface area contributed by atoms with Crippen molar-refractivity contribution in [2.75, 3.05) is 6.61 Å². The molecule has 0 spiro atoms. The maximum absolute atomic E-state index is 10.7. The van der Waals surface area contributed by atoms with Crippen LogP contribution in [0.2, 0.25) is 0 Å². The van der Waals surface area contributed by atoms with Gasteiger partial charge in [0.2, 0.25) is 5.91 Å². The van der Waals surface area contributed by atoms with Crippen LogP contribution in [0, 0.1) is 12.3 Å². The number of hydroxylamine groups is 1. The molecule has 0 aromatic rings. The van der Waals surface area contributed by atoms with Gasteiger partial charge in [-0.1, -0.05) is 0 Å². The van der Waals surface area contributed by atoms with Gasteiger partial charge in [-0.25, -0.2) is 10.3 Å². The SMILES string of the molecule is C#CCCC(=O)NOCC(=O)O. The number of hydrogen-bond acceptors (Lipinski definition) is 3. The monoisotopic (exact) mass is 171 g/mol. The minimum Gasteiger partial charge on any atom is -0.479 e. The van der Waals surface area contributed by atoms with Crippen LogP contribution in [0.4, 0.5) is 0 Å². The van der Waals surface area contributed by atoms with Gasteiger partial charge in [0.15, 0.2) is 6.61 Å². The van der Waals surface area contributed by atoms with Crippen molar-refractivity contribution in [1.29, 1.82) is 0 Å². The number of terminal acetylenes is 1. The molecule has 0 rings (SSSR count). The zero-order valence-electron chi connectivity index (χ0n) is 6.37. The van der Waals surface area contributed by atoms with Crippen molar-refractivity contribution in [1.82, 2.24) is 5.48 Å². The molecular weight excluding hydrogens is 162 g/mol. The lowest BCUT2D eigenvalue weighted by atomic mass is 10.3. The molecule has 0 saturated carbocycles. The molecule has 0 aromatic heterocycles. The molecule has 0 saturated heterocycles. The third-order valence-electron chi connectivity index (χ3n) is 0.878. The number of carbonyl (C=O) groups excluding carboxylic acids is 1. The molecule has 1 amide bonds. The average molecular weight is 171 g/mol. The quantitative estimate of drug-likeness (QED) is 0.433. The molecule has 0 atom stereocenters. The van der Waals surface area contributed by atoms with E-state index in [1.807, 2.05) is 5.48 Å². The van der Waals surface area contributed by atoms with E-state index in [4.69, 9.17) is 11.5 Å². The molecule has 5 heteroatoms. The van der Waals surface area contributed by atoms with E-state index in [-0.39, 0.29) is 6.42 Å². The maximum Gasteiger partial charge on any atom is 0.332 e. The number of amides is 1. The van der Waals surface area contributed by atoms with E-state index < -0.39 is 18.5 Å². The maximum atomic E-state index is 10.7. The predicted octanol–water partition coefficient (Wildman–Crippen LogP) is -0.468. The van der Waals surface area contributed by atoms with E-state index in [1.54, 1.807) is 0 Å².